The predicted octanol–water partition coefficient (Wildman–Crippen LogP) is 4.69. The maximum absolute atomic E-state index is 7.31. The van der Waals surface area contributed by atoms with Gasteiger partial charge in [0, 0.05) is 36.1 Å². The molecule has 1 aromatic carbocycles. The summed E-state index contributed by atoms with van der Waals surface area (Å²) in [5.74, 6) is 1.47. The van der Waals surface area contributed by atoms with Crippen LogP contribution in [0.3, 0.4) is 0 Å². The lowest BCUT2D eigenvalue weighted by molar-refractivity contribution is 0.170. The zero-order valence-corrected chi connectivity index (χ0v) is 17.2. The minimum Gasteiger partial charge on any atom is -0.370 e. The molecule has 0 saturated heterocycles. The third-order valence-electron chi connectivity index (χ3n) is 5.34. The monoisotopic (exact) mass is 404 g/mol. The lowest BCUT2D eigenvalue weighted by Crippen LogP contribution is -2.36. The maximum atomic E-state index is 7.31. The molecule has 1 aromatic heterocycles. The van der Waals surface area contributed by atoms with Crippen LogP contribution in [0.2, 0.25) is 5.02 Å². The summed E-state index contributed by atoms with van der Waals surface area (Å²) in [5.41, 5.74) is 6.72. The molecule has 0 amide bonds. The molecule has 27 heavy (non-hydrogen) atoms. The van der Waals surface area contributed by atoms with Crippen LogP contribution in [-0.4, -0.2) is 23.9 Å². The fourth-order valence-electron chi connectivity index (χ4n) is 3.89. The molecule has 6 heteroatoms. The van der Waals surface area contributed by atoms with Crippen LogP contribution in [0.15, 0.2) is 41.8 Å². The van der Waals surface area contributed by atoms with E-state index in [0.29, 0.717) is 5.92 Å². The Morgan fingerprint density at radius 3 is 2.44 bits per heavy atom. The Morgan fingerprint density at radius 2 is 1.81 bits per heavy atom. The number of benzene rings is 1. The molecule has 1 heterocycles. The first-order valence-corrected chi connectivity index (χ1v) is 10.9. The molecule has 1 fully saturated rings. The van der Waals surface area contributed by atoms with Gasteiger partial charge in [-0.1, -0.05) is 29.8 Å². The summed E-state index contributed by atoms with van der Waals surface area (Å²) in [4.78, 5) is 4.00. The van der Waals surface area contributed by atoms with Gasteiger partial charge in [-0.15, -0.1) is 11.3 Å². The second-order valence-corrected chi connectivity index (χ2v) is 9.03. The van der Waals surface area contributed by atoms with E-state index in [9.17, 15) is 0 Å². The molecule has 0 aliphatic heterocycles. The van der Waals surface area contributed by atoms with Crippen molar-refractivity contribution in [3.05, 3.63) is 57.2 Å². The van der Waals surface area contributed by atoms with Crippen molar-refractivity contribution in [2.24, 2.45) is 17.6 Å². The molecule has 1 aliphatic carbocycles. The SMILES string of the molecule is N=C(N)NCC1CCC(CN(Cc2ccc(Cl)cc2)Cc2cccs2)CC1. The van der Waals surface area contributed by atoms with Gasteiger partial charge in [0.2, 0.25) is 0 Å². The maximum Gasteiger partial charge on any atom is 0.185 e. The average molecular weight is 405 g/mol. The van der Waals surface area contributed by atoms with E-state index in [-0.39, 0.29) is 5.96 Å². The van der Waals surface area contributed by atoms with E-state index in [1.54, 1.807) is 0 Å². The quantitative estimate of drug-likeness (QED) is 0.441. The lowest BCUT2D eigenvalue weighted by Gasteiger charge is -2.33. The first-order chi connectivity index (χ1) is 13.1. The Hall–Kier alpha value is -1.56. The van der Waals surface area contributed by atoms with Gasteiger partial charge in [-0.3, -0.25) is 10.3 Å². The number of hydrogen-bond acceptors (Lipinski definition) is 3. The summed E-state index contributed by atoms with van der Waals surface area (Å²) in [6.45, 7) is 3.94. The molecule has 0 radical (unpaired) electrons. The van der Waals surface area contributed by atoms with Gasteiger partial charge in [0.25, 0.3) is 0 Å². The molecule has 4 N–H and O–H groups in total. The van der Waals surface area contributed by atoms with Crippen LogP contribution in [-0.2, 0) is 13.1 Å². The summed E-state index contributed by atoms with van der Waals surface area (Å²) in [6.07, 6.45) is 4.95. The Morgan fingerprint density at radius 1 is 1.11 bits per heavy atom. The minimum atomic E-state index is 0.0854. The predicted molar refractivity (Wildman–Crippen MR) is 115 cm³/mol. The Kier molecular flexibility index (Phi) is 7.56. The summed E-state index contributed by atoms with van der Waals surface area (Å²) in [6, 6.07) is 12.6. The van der Waals surface area contributed by atoms with Gasteiger partial charge in [-0.05, 0) is 66.7 Å². The number of rotatable bonds is 8. The molecule has 0 unspecified atom stereocenters. The molecule has 1 aliphatic rings. The zero-order chi connectivity index (χ0) is 19.1. The number of halogens is 1. The standard InChI is InChI=1S/C21H29ClN4S/c22-19-9-7-18(8-10-19)14-26(15-20-2-1-11-27-20)13-17-5-3-16(4-6-17)12-25-21(23)24/h1-2,7-11,16-17H,3-6,12-15H2,(H4,23,24,25). The van der Waals surface area contributed by atoms with E-state index in [4.69, 9.17) is 22.7 Å². The molecule has 2 aromatic rings. The Balaban J connectivity index is 1.55. The van der Waals surface area contributed by atoms with Crippen molar-refractivity contribution in [3.63, 3.8) is 0 Å². The van der Waals surface area contributed by atoms with Crippen LogP contribution >= 0.6 is 22.9 Å². The summed E-state index contributed by atoms with van der Waals surface area (Å²) >= 11 is 7.87. The smallest absolute Gasteiger partial charge is 0.185 e. The van der Waals surface area contributed by atoms with Crippen molar-refractivity contribution < 1.29 is 0 Å². The molecule has 0 bridgehead atoms. The van der Waals surface area contributed by atoms with Crippen LogP contribution in [0.4, 0.5) is 0 Å². The highest BCUT2D eigenvalue weighted by atomic mass is 35.5. The zero-order valence-electron chi connectivity index (χ0n) is 15.7. The number of thiophene rings is 1. The third kappa shape index (κ3) is 6.83. The summed E-state index contributed by atoms with van der Waals surface area (Å²) < 4.78 is 0. The number of nitrogens with zero attached hydrogens (tertiary/aromatic N) is 1. The number of nitrogens with two attached hydrogens (primary N) is 1. The van der Waals surface area contributed by atoms with Gasteiger partial charge in [0.15, 0.2) is 5.96 Å². The second kappa shape index (κ2) is 10.1. The van der Waals surface area contributed by atoms with Crippen molar-refractivity contribution in [3.8, 4) is 0 Å². The molecule has 3 rings (SSSR count). The fourth-order valence-corrected chi connectivity index (χ4v) is 4.77. The van der Waals surface area contributed by atoms with Crippen LogP contribution in [0.1, 0.15) is 36.1 Å². The van der Waals surface area contributed by atoms with Gasteiger partial charge in [-0.25, -0.2) is 0 Å². The highest BCUT2D eigenvalue weighted by Gasteiger charge is 2.23. The molecule has 0 spiro atoms. The molecule has 0 atom stereocenters. The molecule has 4 nitrogen and oxygen atoms in total. The van der Waals surface area contributed by atoms with E-state index in [1.165, 1.54) is 36.1 Å². The first-order valence-electron chi connectivity index (χ1n) is 9.65. The van der Waals surface area contributed by atoms with Crippen molar-refractivity contribution in [2.45, 2.75) is 38.8 Å². The largest absolute Gasteiger partial charge is 0.370 e. The van der Waals surface area contributed by atoms with Gasteiger partial charge >= 0.3 is 0 Å². The van der Waals surface area contributed by atoms with Crippen molar-refractivity contribution in [1.29, 1.82) is 5.41 Å². The molecule has 146 valence electrons. The van der Waals surface area contributed by atoms with Gasteiger partial charge in [-0.2, -0.15) is 0 Å². The summed E-state index contributed by atoms with van der Waals surface area (Å²) in [5, 5.41) is 13.2. The van der Waals surface area contributed by atoms with Gasteiger partial charge in [0.05, 0.1) is 0 Å². The lowest BCUT2D eigenvalue weighted by atomic mass is 9.81. The number of hydrogen-bond donors (Lipinski definition) is 3. The topological polar surface area (TPSA) is 65.1 Å². The second-order valence-electron chi connectivity index (χ2n) is 7.56. The van der Waals surface area contributed by atoms with E-state index in [0.717, 1.165) is 37.1 Å². The van der Waals surface area contributed by atoms with Crippen molar-refractivity contribution >= 4 is 28.9 Å². The van der Waals surface area contributed by atoms with Crippen LogP contribution in [0.5, 0.6) is 0 Å². The van der Waals surface area contributed by atoms with E-state index in [1.807, 2.05) is 23.5 Å². The normalized spacial score (nSPS) is 19.9. The van der Waals surface area contributed by atoms with Gasteiger partial charge < -0.3 is 11.1 Å². The van der Waals surface area contributed by atoms with E-state index >= 15 is 0 Å². The van der Waals surface area contributed by atoms with Crippen LogP contribution < -0.4 is 11.1 Å². The Labute approximate surface area is 171 Å². The Bertz CT molecular complexity index is 693. The summed E-state index contributed by atoms with van der Waals surface area (Å²) in [7, 11) is 0. The number of nitrogens with one attached hydrogen (secondary N) is 2. The third-order valence-corrected chi connectivity index (χ3v) is 6.46. The minimum absolute atomic E-state index is 0.0854. The first kappa shape index (κ1) is 20.2. The molecule has 1 saturated carbocycles. The molecular weight excluding hydrogens is 376 g/mol. The average Bonchev–Trinajstić information content (AvgIpc) is 3.16. The van der Waals surface area contributed by atoms with Crippen LogP contribution in [0.25, 0.3) is 0 Å². The van der Waals surface area contributed by atoms with E-state index < -0.39 is 0 Å². The molecular formula is C21H29ClN4S. The fraction of sp³-hybridized carbons (Fsp3) is 0.476. The van der Waals surface area contributed by atoms with Gasteiger partial charge in [0.1, 0.15) is 0 Å². The van der Waals surface area contributed by atoms with Crippen molar-refractivity contribution in [2.75, 3.05) is 13.1 Å². The van der Waals surface area contributed by atoms with E-state index in [2.05, 4.69) is 39.9 Å². The highest BCUT2D eigenvalue weighted by molar-refractivity contribution is 7.09. The van der Waals surface area contributed by atoms with Crippen molar-refractivity contribution in [1.82, 2.24) is 10.2 Å². The highest BCUT2D eigenvalue weighted by Crippen LogP contribution is 2.30. The van der Waals surface area contributed by atoms with Crippen LogP contribution in [0, 0.1) is 17.2 Å². The number of guanidine groups is 1.